The summed E-state index contributed by atoms with van der Waals surface area (Å²) in [7, 11) is 0. The topological polar surface area (TPSA) is 38.7 Å². The van der Waals surface area contributed by atoms with E-state index in [4.69, 9.17) is 4.74 Å². The van der Waals surface area contributed by atoms with Gasteiger partial charge in [-0.15, -0.1) is 0 Å². The molecule has 0 aromatic heterocycles. The zero-order valence-electron chi connectivity index (χ0n) is 18.7. The van der Waals surface area contributed by atoms with Crippen molar-refractivity contribution in [3.8, 4) is 0 Å². The second kappa shape index (κ2) is 10.6. The largest absolute Gasteiger partial charge is 0.459 e. The average molecular weight is 374 g/mol. The quantitative estimate of drug-likeness (QED) is 0.322. The molecule has 0 saturated heterocycles. The van der Waals surface area contributed by atoms with E-state index in [-0.39, 0.29) is 11.2 Å². The molecule has 0 bridgehead atoms. The summed E-state index contributed by atoms with van der Waals surface area (Å²) >= 11 is 0. The highest BCUT2D eigenvalue weighted by molar-refractivity contribution is 6.11. The number of allylic oxidation sites excluding steroid dienone is 5. The third-order valence-corrected chi connectivity index (χ3v) is 5.24. The summed E-state index contributed by atoms with van der Waals surface area (Å²) in [5.74, 6) is 3.21. The lowest BCUT2D eigenvalue weighted by Crippen LogP contribution is -2.08. The average Bonchev–Trinajstić information content (AvgIpc) is 3.02. The summed E-state index contributed by atoms with van der Waals surface area (Å²) in [5.41, 5.74) is 1.20. The number of aliphatic imine (C=N–C) groups is 1. The number of ether oxygens (including phenoxy) is 1. The van der Waals surface area contributed by atoms with Crippen LogP contribution in [0.1, 0.15) is 87.5 Å². The van der Waals surface area contributed by atoms with Crippen LogP contribution in [0.5, 0.6) is 0 Å². The Hall–Kier alpha value is -1.64. The molecule has 1 atom stereocenters. The molecule has 0 radical (unpaired) electrons. The standard InChI is InChI=1S/C24H39NO2/c1-9-18(17(4)5)14-12-13-15-21(26)19(10-2)25-20-16-23(24(6,7)8)27-22(20)11-3/h10-11,16-18H,9,12-15H2,1-8H3/b19-10-,22-11+,25-20-. The Balaban J connectivity index is 2.73. The fourth-order valence-corrected chi connectivity index (χ4v) is 3.31. The molecular weight excluding hydrogens is 334 g/mol. The summed E-state index contributed by atoms with van der Waals surface area (Å²) in [6.45, 7) is 17.0. The minimum Gasteiger partial charge on any atom is -0.459 e. The fourth-order valence-electron chi connectivity index (χ4n) is 3.31. The van der Waals surface area contributed by atoms with Crippen molar-refractivity contribution < 1.29 is 9.53 Å². The number of ketones is 1. The third-order valence-electron chi connectivity index (χ3n) is 5.24. The number of hydrogen-bond donors (Lipinski definition) is 0. The predicted octanol–water partition coefficient (Wildman–Crippen LogP) is 7.01. The van der Waals surface area contributed by atoms with Crippen LogP contribution in [-0.2, 0) is 9.53 Å². The van der Waals surface area contributed by atoms with Crippen molar-refractivity contribution in [3.05, 3.63) is 35.4 Å². The van der Waals surface area contributed by atoms with E-state index in [9.17, 15) is 4.79 Å². The van der Waals surface area contributed by atoms with Crippen LogP contribution >= 0.6 is 0 Å². The fraction of sp³-hybridized carbons (Fsp3) is 0.667. The van der Waals surface area contributed by atoms with Crippen molar-refractivity contribution in [2.24, 2.45) is 22.2 Å². The minimum absolute atomic E-state index is 0.0855. The van der Waals surface area contributed by atoms with Crippen LogP contribution in [0.3, 0.4) is 0 Å². The van der Waals surface area contributed by atoms with Gasteiger partial charge < -0.3 is 4.74 Å². The molecule has 0 amide bonds. The van der Waals surface area contributed by atoms with E-state index in [1.807, 2.05) is 32.1 Å². The van der Waals surface area contributed by atoms with Crippen LogP contribution in [0.25, 0.3) is 0 Å². The van der Waals surface area contributed by atoms with Crippen molar-refractivity contribution in [3.63, 3.8) is 0 Å². The van der Waals surface area contributed by atoms with Gasteiger partial charge in [0.1, 0.15) is 22.9 Å². The highest BCUT2D eigenvalue weighted by atomic mass is 16.5. The maximum atomic E-state index is 12.6. The minimum atomic E-state index is -0.0855. The molecule has 0 spiro atoms. The van der Waals surface area contributed by atoms with E-state index in [2.05, 4.69) is 46.5 Å². The maximum Gasteiger partial charge on any atom is 0.180 e. The van der Waals surface area contributed by atoms with E-state index in [1.165, 1.54) is 12.8 Å². The molecule has 1 heterocycles. The lowest BCUT2D eigenvalue weighted by atomic mass is 9.88. The Morgan fingerprint density at radius 1 is 1.22 bits per heavy atom. The summed E-state index contributed by atoms with van der Waals surface area (Å²) in [6.07, 6.45) is 10.7. The summed E-state index contributed by atoms with van der Waals surface area (Å²) in [5, 5.41) is 0. The summed E-state index contributed by atoms with van der Waals surface area (Å²) in [6, 6.07) is 0. The first-order valence-electron chi connectivity index (χ1n) is 10.5. The van der Waals surface area contributed by atoms with Crippen molar-refractivity contribution >= 4 is 11.5 Å². The number of hydrogen-bond acceptors (Lipinski definition) is 3. The number of carbonyl (C=O) groups excluding carboxylic acids is 1. The Morgan fingerprint density at radius 2 is 1.89 bits per heavy atom. The van der Waals surface area contributed by atoms with Gasteiger partial charge in [-0.25, -0.2) is 4.99 Å². The monoisotopic (exact) mass is 373 g/mol. The Bertz CT molecular complexity index is 627. The molecule has 27 heavy (non-hydrogen) atoms. The predicted molar refractivity (Wildman–Crippen MR) is 116 cm³/mol. The van der Waals surface area contributed by atoms with Crippen molar-refractivity contribution in [2.75, 3.05) is 0 Å². The lowest BCUT2D eigenvalue weighted by molar-refractivity contribution is -0.115. The van der Waals surface area contributed by atoms with E-state index in [0.717, 1.165) is 36.0 Å². The molecule has 1 rings (SSSR count). The zero-order chi connectivity index (χ0) is 20.6. The van der Waals surface area contributed by atoms with Crippen LogP contribution in [0, 0.1) is 17.3 Å². The first-order chi connectivity index (χ1) is 12.6. The Morgan fingerprint density at radius 3 is 2.37 bits per heavy atom. The molecule has 3 nitrogen and oxygen atoms in total. The van der Waals surface area contributed by atoms with Gasteiger partial charge in [0, 0.05) is 17.9 Å². The first kappa shape index (κ1) is 23.4. The molecule has 0 aromatic carbocycles. The SMILES string of the molecule is C\C=C(/N=C1/C=C(C(C)(C)C)O/C1=C/C)C(=O)CCCCC(CC)C(C)C. The number of rotatable bonds is 9. The highest BCUT2D eigenvalue weighted by Crippen LogP contribution is 2.33. The highest BCUT2D eigenvalue weighted by Gasteiger charge is 2.28. The summed E-state index contributed by atoms with van der Waals surface area (Å²) < 4.78 is 5.93. The second-order valence-electron chi connectivity index (χ2n) is 8.77. The molecule has 1 unspecified atom stereocenters. The van der Waals surface area contributed by atoms with Crippen LogP contribution in [0.2, 0.25) is 0 Å². The third kappa shape index (κ3) is 7.12. The van der Waals surface area contributed by atoms with Crippen molar-refractivity contribution in [1.82, 2.24) is 0 Å². The van der Waals surface area contributed by atoms with Gasteiger partial charge in [-0.1, -0.05) is 66.9 Å². The molecule has 0 saturated carbocycles. The lowest BCUT2D eigenvalue weighted by Gasteiger charge is -2.18. The second-order valence-corrected chi connectivity index (χ2v) is 8.77. The van der Waals surface area contributed by atoms with Crippen LogP contribution in [0.15, 0.2) is 40.4 Å². The number of nitrogens with zero attached hydrogens (tertiary/aromatic N) is 1. The van der Waals surface area contributed by atoms with Crippen molar-refractivity contribution in [2.45, 2.75) is 87.5 Å². The number of Topliss-reactive ketones (excluding diaryl/α,β-unsaturated/α-hetero) is 1. The van der Waals surface area contributed by atoms with Gasteiger partial charge in [-0.05, 0) is 38.2 Å². The molecular formula is C24H39NO2. The van der Waals surface area contributed by atoms with E-state index >= 15 is 0 Å². The van der Waals surface area contributed by atoms with Gasteiger partial charge in [0.2, 0.25) is 0 Å². The van der Waals surface area contributed by atoms with Gasteiger partial charge in [0.15, 0.2) is 5.78 Å². The van der Waals surface area contributed by atoms with Gasteiger partial charge in [-0.3, -0.25) is 4.79 Å². The molecule has 0 aromatic rings. The number of unbranched alkanes of at least 4 members (excludes halogenated alkanes) is 1. The van der Waals surface area contributed by atoms with Crippen LogP contribution in [-0.4, -0.2) is 11.5 Å². The molecule has 0 aliphatic carbocycles. The Labute approximate surface area is 166 Å². The van der Waals surface area contributed by atoms with Crippen molar-refractivity contribution in [1.29, 1.82) is 0 Å². The zero-order valence-corrected chi connectivity index (χ0v) is 18.7. The van der Waals surface area contributed by atoms with Crippen LogP contribution in [0.4, 0.5) is 0 Å². The number of carbonyl (C=O) groups is 1. The Kier molecular flexibility index (Phi) is 9.21. The molecule has 0 N–H and O–H groups in total. The smallest absolute Gasteiger partial charge is 0.180 e. The molecule has 1 aliphatic heterocycles. The maximum absolute atomic E-state index is 12.6. The van der Waals surface area contributed by atoms with Crippen LogP contribution < -0.4 is 0 Å². The van der Waals surface area contributed by atoms with E-state index in [1.54, 1.807) is 0 Å². The van der Waals surface area contributed by atoms with E-state index in [0.29, 0.717) is 18.0 Å². The first-order valence-corrected chi connectivity index (χ1v) is 10.5. The van der Waals surface area contributed by atoms with E-state index < -0.39 is 0 Å². The normalized spacial score (nSPS) is 19.6. The molecule has 152 valence electrons. The van der Waals surface area contributed by atoms with Gasteiger partial charge in [0.05, 0.1) is 0 Å². The molecule has 3 heteroatoms. The van der Waals surface area contributed by atoms with Gasteiger partial charge >= 0.3 is 0 Å². The van der Waals surface area contributed by atoms with Gasteiger partial charge in [0.25, 0.3) is 0 Å². The molecule has 0 fully saturated rings. The summed E-state index contributed by atoms with van der Waals surface area (Å²) in [4.78, 5) is 17.3. The molecule has 1 aliphatic rings. The van der Waals surface area contributed by atoms with Gasteiger partial charge in [-0.2, -0.15) is 0 Å².